The average Bonchev–Trinajstić information content (AvgIpc) is 3.19. The molecule has 0 aliphatic heterocycles. The van der Waals surface area contributed by atoms with E-state index >= 15 is 0 Å². The molecule has 1 aromatic rings. The zero-order valence-electron chi connectivity index (χ0n) is 11.3. The summed E-state index contributed by atoms with van der Waals surface area (Å²) in [5.41, 5.74) is 8.14. The van der Waals surface area contributed by atoms with E-state index in [1.807, 2.05) is 6.07 Å². The summed E-state index contributed by atoms with van der Waals surface area (Å²) in [6, 6.07) is 4.04. The second kappa shape index (κ2) is 5.16. The Bertz CT molecular complexity index is 427. The van der Waals surface area contributed by atoms with Crippen LogP contribution in [0.25, 0.3) is 0 Å². The van der Waals surface area contributed by atoms with Crippen molar-refractivity contribution in [2.24, 2.45) is 5.73 Å². The van der Waals surface area contributed by atoms with Crippen LogP contribution >= 0.6 is 0 Å². The SMILES string of the molecule is COCc1c(OC)ccc(C2(CN)CC2)c1OC. The summed E-state index contributed by atoms with van der Waals surface area (Å²) in [4.78, 5) is 0. The molecule has 4 heteroatoms. The van der Waals surface area contributed by atoms with Crippen molar-refractivity contribution in [2.45, 2.75) is 24.9 Å². The third-order valence-electron chi connectivity index (χ3n) is 3.75. The van der Waals surface area contributed by atoms with Gasteiger partial charge in [-0.05, 0) is 18.9 Å². The maximum Gasteiger partial charge on any atom is 0.131 e. The van der Waals surface area contributed by atoms with E-state index in [4.69, 9.17) is 19.9 Å². The Morgan fingerprint density at radius 1 is 1.17 bits per heavy atom. The molecule has 0 amide bonds. The van der Waals surface area contributed by atoms with Gasteiger partial charge in [0, 0.05) is 24.6 Å². The molecule has 0 heterocycles. The van der Waals surface area contributed by atoms with Crippen LogP contribution < -0.4 is 15.2 Å². The highest BCUT2D eigenvalue weighted by molar-refractivity contribution is 5.54. The van der Waals surface area contributed by atoms with Gasteiger partial charge in [-0.2, -0.15) is 0 Å². The maximum atomic E-state index is 5.90. The summed E-state index contributed by atoms with van der Waals surface area (Å²) in [5.74, 6) is 1.66. The zero-order chi connectivity index (χ0) is 13.2. The van der Waals surface area contributed by atoms with Gasteiger partial charge in [-0.15, -0.1) is 0 Å². The van der Waals surface area contributed by atoms with Crippen molar-refractivity contribution in [1.82, 2.24) is 0 Å². The summed E-state index contributed by atoms with van der Waals surface area (Å²) in [5, 5.41) is 0. The Balaban J connectivity index is 2.51. The van der Waals surface area contributed by atoms with Gasteiger partial charge in [0.2, 0.25) is 0 Å². The number of benzene rings is 1. The van der Waals surface area contributed by atoms with E-state index in [0.717, 1.165) is 29.9 Å². The predicted octanol–water partition coefficient (Wildman–Crippen LogP) is 1.84. The Labute approximate surface area is 108 Å². The fourth-order valence-corrected chi connectivity index (χ4v) is 2.47. The summed E-state index contributed by atoms with van der Waals surface area (Å²) in [7, 11) is 5.01. The molecule has 2 rings (SSSR count). The van der Waals surface area contributed by atoms with Gasteiger partial charge in [0.1, 0.15) is 11.5 Å². The summed E-state index contributed by atoms with van der Waals surface area (Å²) < 4.78 is 16.2. The molecule has 1 aliphatic carbocycles. The van der Waals surface area contributed by atoms with Crippen molar-refractivity contribution in [1.29, 1.82) is 0 Å². The molecule has 0 unspecified atom stereocenters. The first-order chi connectivity index (χ1) is 8.72. The Kier molecular flexibility index (Phi) is 3.78. The van der Waals surface area contributed by atoms with E-state index < -0.39 is 0 Å². The fourth-order valence-electron chi connectivity index (χ4n) is 2.47. The molecule has 0 saturated heterocycles. The number of rotatable bonds is 6. The molecule has 2 N–H and O–H groups in total. The quantitative estimate of drug-likeness (QED) is 0.838. The van der Waals surface area contributed by atoms with Crippen LogP contribution in [0.1, 0.15) is 24.0 Å². The first-order valence-electron chi connectivity index (χ1n) is 6.15. The normalized spacial score (nSPS) is 16.4. The van der Waals surface area contributed by atoms with Crippen molar-refractivity contribution >= 4 is 0 Å². The van der Waals surface area contributed by atoms with Crippen molar-refractivity contribution in [3.63, 3.8) is 0 Å². The third kappa shape index (κ3) is 2.06. The minimum absolute atomic E-state index is 0.0973. The van der Waals surface area contributed by atoms with Gasteiger partial charge in [-0.1, -0.05) is 6.07 Å². The molecule has 1 aromatic carbocycles. The minimum atomic E-state index is 0.0973. The van der Waals surface area contributed by atoms with Gasteiger partial charge >= 0.3 is 0 Å². The topological polar surface area (TPSA) is 53.7 Å². The van der Waals surface area contributed by atoms with Gasteiger partial charge in [-0.25, -0.2) is 0 Å². The second-order valence-electron chi connectivity index (χ2n) is 4.74. The number of hydrogen-bond acceptors (Lipinski definition) is 4. The highest BCUT2D eigenvalue weighted by Gasteiger charge is 2.45. The van der Waals surface area contributed by atoms with Crippen LogP contribution in [0.3, 0.4) is 0 Å². The van der Waals surface area contributed by atoms with Gasteiger partial charge in [-0.3, -0.25) is 0 Å². The first kappa shape index (κ1) is 13.2. The van der Waals surface area contributed by atoms with Crippen LogP contribution in [0.5, 0.6) is 11.5 Å². The summed E-state index contributed by atoms with van der Waals surface area (Å²) in [6.07, 6.45) is 2.25. The monoisotopic (exact) mass is 251 g/mol. The molecule has 1 saturated carbocycles. The molecule has 18 heavy (non-hydrogen) atoms. The number of ether oxygens (including phenoxy) is 3. The molecule has 0 spiro atoms. The van der Waals surface area contributed by atoms with Crippen molar-refractivity contribution in [2.75, 3.05) is 27.9 Å². The molecule has 0 aromatic heterocycles. The van der Waals surface area contributed by atoms with E-state index in [-0.39, 0.29) is 5.41 Å². The molecule has 4 nitrogen and oxygen atoms in total. The maximum absolute atomic E-state index is 5.90. The molecule has 0 atom stereocenters. The van der Waals surface area contributed by atoms with Crippen LogP contribution in [0, 0.1) is 0 Å². The zero-order valence-corrected chi connectivity index (χ0v) is 11.3. The van der Waals surface area contributed by atoms with Crippen molar-refractivity contribution in [3.05, 3.63) is 23.3 Å². The highest BCUT2D eigenvalue weighted by Crippen LogP contribution is 2.52. The van der Waals surface area contributed by atoms with Crippen LogP contribution in [-0.2, 0) is 16.8 Å². The average molecular weight is 251 g/mol. The Morgan fingerprint density at radius 3 is 2.33 bits per heavy atom. The van der Waals surface area contributed by atoms with Gasteiger partial charge < -0.3 is 19.9 Å². The Hall–Kier alpha value is -1.26. The minimum Gasteiger partial charge on any atom is -0.496 e. The molecule has 1 aliphatic rings. The molecule has 0 radical (unpaired) electrons. The lowest BCUT2D eigenvalue weighted by atomic mass is 9.92. The number of methoxy groups -OCH3 is 3. The summed E-state index contributed by atoms with van der Waals surface area (Å²) in [6.45, 7) is 1.13. The molecular weight excluding hydrogens is 230 g/mol. The van der Waals surface area contributed by atoms with E-state index in [1.54, 1.807) is 21.3 Å². The van der Waals surface area contributed by atoms with Gasteiger partial charge in [0.05, 0.1) is 26.4 Å². The van der Waals surface area contributed by atoms with E-state index in [9.17, 15) is 0 Å². The smallest absolute Gasteiger partial charge is 0.131 e. The predicted molar refractivity (Wildman–Crippen MR) is 70.2 cm³/mol. The lowest BCUT2D eigenvalue weighted by molar-refractivity contribution is 0.178. The van der Waals surface area contributed by atoms with Crippen LogP contribution in [-0.4, -0.2) is 27.9 Å². The third-order valence-corrected chi connectivity index (χ3v) is 3.75. The molecule has 100 valence electrons. The van der Waals surface area contributed by atoms with Crippen LogP contribution in [0.15, 0.2) is 12.1 Å². The summed E-state index contributed by atoms with van der Waals surface area (Å²) >= 11 is 0. The first-order valence-corrected chi connectivity index (χ1v) is 6.15. The van der Waals surface area contributed by atoms with Gasteiger partial charge in [0.25, 0.3) is 0 Å². The van der Waals surface area contributed by atoms with E-state index in [1.165, 1.54) is 5.56 Å². The van der Waals surface area contributed by atoms with E-state index in [2.05, 4.69) is 6.07 Å². The second-order valence-corrected chi connectivity index (χ2v) is 4.74. The fraction of sp³-hybridized carbons (Fsp3) is 0.571. The highest BCUT2D eigenvalue weighted by atomic mass is 16.5. The van der Waals surface area contributed by atoms with Crippen molar-refractivity contribution < 1.29 is 14.2 Å². The van der Waals surface area contributed by atoms with Crippen molar-refractivity contribution in [3.8, 4) is 11.5 Å². The van der Waals surface area contributed by atoms with Crippen LogP contribution in [0.2, 0.25) is 0 Å². The standard InChI is InChI=1S/C14H21NO3/c1-16-8-10-12(17-2)5-4-11(13(10)18-3)14(9-15)6-7-14/h4-5H,6-9,15H2,1-3H3. The van der Waals surface area contributed by atoms with E-state index in [0.29, 0.717) is 13.2 Å². The molecule has 1 fully saturated rings. The Morgan fingerprint density at radius 2 is 1.89 bits per heavy atom. The van der Waals surface area contributed by atoms with Crippen LogP contribution in [0.4, 0.5) is 0 Å². The lowest BCUT2D eigenvalue weighted by Crippen LogP contribution is -2.21. The molecule has 0 bridgehead atoms. The molecular formula is C14H21NO3. The lowest BCUT2D eigenvalue weighted by Gasteiger charge is -2.21. The number of hydrogen-bond donors (Lipinski definition) is 1. The number of nitrogens with two attached hydrogens (primary N) is 1. The van der Waals surface area contributed by atoms with Gasteiger partial charge in [0.15, 0.2) is 0 Å². The largest absolute Gasteiger partial charge is 0.496 e.